The molecule has 0 bridgehead atoms. The molecule has 0 unspecified atom stereocenters. The van der Waals surface area contributed by atoms with Gasteiger partial charge in [-0.3, -0.25) is 0 Å². The van der Waals surface area contributed by atoms with Gasteiger partial charge in [-0.05, 0) is 37.9 Å². The minimum absolute atomic E-state index is 0.293. The second-order valence-electron chi connectivity index (χ2n) is 7.26. The third kappa shape index (κ3) is 12.4. The fraction of sp³-hybridized carbons (Fsp3) is 0.364. The van der Waals surface area contributed by atoms with E-state index in [1.54, 1.807) is 0 Å². The van der Waals surface area contributed by atoms with Crippen LogP contribution in [0.4, 0.5) is 0 Å². The molecule has 1 aromatic rings. The SMILES string of the molecule is NC[C@@H]1CCN(CCc2cc(Cl)cc3c2OCO3)C1.O=C(O)/C=C/C(=O)O.O=C(O)/C=C/C(=O)O. The van der Waals surface area contributed by atoms with E-state index >= 15 is 0 Å². The number of carboxylic acids is 4. The third-order valence-corrected chi connectivity index (χ3v) is 4.87. The maximum atomic E-state index is 9.55. The third-order valence-electron chi connectivity index (χ3n) is 4.65. The van der Waals surface area contributed by atoms with Crippen LogP contribution in [0.25, 0.3) is 0 Å². The van der Waals surface area contributed by atoms with Crippen LogP contribution in [0.3, 0.4) is 0 Å². The summed E-state index contributed by atoms with van der Waals surface area (Å²) in [5.74, 6) is -2.74. The molecule has 0 radical (unpaired) electrons. The average molecular weight is 515 g/mol. The lowest BCUT2D eigenvalue weighted by atomic mass is 10.1. The Morgan fingerprint density at radius 2 is 1.51 bits per heavy atom. The van der Waals surface area contributed by atoms with Crippen molar-refractivity contribution >= 4 is 35.5 Å². The van der Waals surface area contributed by atoms with Crippen LogP contribution >= 0.6 is 11.6 Å². The van der Waals surface area contributed by atoms with Gasteiger partial charge in [-0.1, -0.05) is 11.6 Å². The summed E-state index contributed by atoms with van der Waals surface area (Å²) in [6.45, 7) is 4.35. The van der Waals surface area contributed by atoms with Crippen LogP contribution in [0.5, 0.6) is 11.5 Å². The number of aliphatic carboxylic acids is 4. The number of carbonyl (C=O) groups is 4. The monoisotopic (exact) mass is 514 g/mol. The first kappa shape index (κ1) is 29.4. The first-order valence-electron chi connectivity index (χ1n) is 10.3. The van der Waals surface area contributed by atoms with Crippen molar-refractivity contribution in [3.63, 3.8) is 0 Å². The van der Waals surface area contributed by atoms with E-state index in [1.165, 1.54) is 6.42 Å². The Hall–Kier alpha value is -3.61. The second-order valence-corrected chi connectivity index (χ2v) is 7.70. The molecule has 1 fully saturated rings. The van der Waals surface area contributed by atoms with E-state index in [0.717, 1.165) is 49.7 Å². The van der Waals surface area contributed by atoms with Gasteiger partial charge in [-0.15, -0.1) is 0 Å². The van der Waals surface area contributed by atoms with Gasteiger partial charge in [-0.2, -0.15) is 0 Å². The maximum Gasteiger partial charge on any atom is 0.328 e. The number of halogens is 1. The number of ether oxygens (including phenoxy) is 2. The molecule has 1 saturated heterocycles. The molecule has 192 valence electrons. The Morgan fingerprint density at radius 1 is 0.971 bits per heavy atom. The van der Waals surface area contributed by atoms with Crippen LogP contribution < -0.4 is 15.2 Å². The second kappa shape index (κ2) is 15.3. The van der Waals surface area contributed by atoms with E-state index in [0.29, 0.717) is 42.0 Å². The number of hydrogen-bond donors (Lipinski definition) is 5. The molecular weight excluding hydrogens is 488 g/mol. The van der Waals surface area contributed by atoms with Crippen LogP contribution in [-0.4, -0.2) is 82.2 Å². The number of rotatable bonds is 8. The molecule has 0 spiro atoms. The van der Waals surface area contributed by atoms with Gasteiger partial charge in [0, 0.05) is 54.0 Å². The predicted octanol–water partition coefficient (Wildman–Crippen LogP) is 1.32. The Labute approximate surface area is 205 Å². The van der Waals surface area contributed by atoms with Crippen LogP contribution in [-0.2, 0) is 25.6 Å². The predicted molar refractivity (Wildman–Crippen MR) is 124 cm³/mol. The van der Waals surface area contributed by atoms with Crippen molar-refractivity contribution in [3.8, 4) is 11.5 Å². The molecular formula is C22H27ClN2O10. The number of likely N-dealkylation sites (tertiary alicyclic amines) is 1. The maximum absolute atomic E-state index is 9.55. The fourth-order valence-corrected chi connectivity index (χ4v) is 3.33. The van der Waals surface area contributed by atoms with Gasteiger partial charge in [-0.25, -0.2) is 19.2 Å². The molecule has 0 aliphatic carbocycles. The molecule has 2 aliphatic heterocycles. The number of nitrogens with zero attached hydrogens (tertiary/aromatic N) is 1. The molecule has 0 amide bonds. The first-order chi connectivity index (χ1) is 16.5. The summed E-state index contributed by atoms with van der Waals surface area (Å²) < 4.78 is 10.9. The molecule has 0 saturated carbocycles. The number of carboxylic acid groups (broad SMARTS) is 4. The largest absolute Gasteiger partial charge is 0.478 e. The van der Waals surface area contributed by atoms with E-state index in [4.69, 9.17) is 47.2 Å². The standard InChI is InChI=1S/C14H19ClN2O2.2C4H4O4/c15-12-5-11(14-13(6-12)18-9-19-14)2-4-17-3-1-10(7-16)8-17;2*5-3(6)1-2-4(7)8/h5-6,10H,1-4,7-9,16H2;2*1-2H,(H,5,6)(H,7,8)/b;2*2-1+/t10-;;/m0../s1. The zero-order chi connectivity index (χ0) is 26.4. The highest BCUT2D eigenvalue weighted by Gasteiger charge is 2.23. The van der Waals surface area contributed by atoms with Gasteiger partial charge < -0.3 is 40.5 Å². The molecule has 2 aliphatic rings. The van der Waals surface area contributed by atoms with Gasteiger partial charge in [0.05, 0.1) is 0 Å². The number of benzene rings is 1. The number of fused-ring (bicyclic) bond motifs is 1. The summed E-state index contributed by atoms with van der Waals surface area (Å²) in [6.07, 6.45) is 4.38. The van der Waals surface area contributed by atoms with Crippen molar-refractivity contribution in [2.45, 2.75) is 12.8 Å². The van der Waals surface area contributed by atoms with Crippen LogP contribution in [0.1, 0.15) is 12.0 Å². The van der Waals surface area contributed by atoms with E-state index in [2.05, 4.69) is 4.90 Å². The molecule has 2 heterocycles. The van der Waals surface area contributed by atoms with Crippen molar-refractivity contribution in [1.82, 2.24) is 4.90 Å². The lowest BCUT2D eigenvalue weighted by molar-refractivity contribution is -0.134. The van der Waals surface area contributed by atoms with Gasteiger partial charge in [0.15, 0.2) is 11.5 Å². The molecule has 1 atom stereocenters. The zero-order valence-electron chi connectivity index (χ0n) is 18.6. The highest BCUT2D eigenvalue weighted by atomic mass is 35.5. The molecule has 6 N–H and O–H groups in total. The van der Waals surface area contributed by atoms with Crippen molar-refractivity contribution in [2.75, 3.05) is 33.0 Å². The average Bonchev–Trinajstić information content (AvgIpc) is 3.44. The van der Waals surface area contributed by atoms with Gasteiger partial charge >= 0.3 is 23.9 Å². The smallest absolute Gasteiger partial charge is 0.328 e. The van der Waals surface area contributed by atoms with E-state index in [9.17, 15) is 19.2 Å². The van der Waals surface area contributed by atoms with Crippen molar-refractivity contribution in [3.05, 3.63) is 47.0 Å². The minimum Gasteiger partial charge on any atom is -0.478 e. The molecule has 13 heteroatoms. The zero-order valence-corrected chi connectivity index (χ0v) is 19.4. The van der Waals surface area contributed by atoms with Gasteiger partial charge in [0.2, 0.25) is 6.79 Å². The number of hydrogen-bond acceptors (Lipinski definition) is 8. The van der Waals surface area contributed by atoms with Gasteiger partial charge in [0.25, 0.3) is 0 Å². The van der Waals surface area contributed by atoms with Crippen molar-refractivity contribution in [2.24, 2.45) is 11.7 Å². The molecule has 12 nitrogen and oxygen atoms in total. The van der Waals surface area contributed by atoms with E-state index in [1.807, 2.05) is 12.1 Å². The van der Waals surface area contributed by atoms with Gasteiger partial charge in [0.1, 0.15) is 0 Å². The Morgan fingerprint density at radius 3 is 1.97 bits per heavy atom. The topological polar surface area (TPSA) is 197 Å². The van der Waals surface area contributed by atoms with Crippen LogP contribution in [0.15, 0.2) is 36.4 Å². The van der Waals surface area contributed by atoms with E-state index in [-0.39, 0.29) is 0 Å². The molecule has 1 aromatic carbocycles. The quantitative estimate of drug-likeness (QED) is 0.312. The fourth-order valence-electron chi connectivity index (χ4n) is 3.10. The number of nitrogens with two attached hydrogens (primary N) is 1. The van der Waals surface area contributed by atoms with Crippen LogP contribution in [0, 0.1) is 5.92 Å². The summed E-state index contributed by atoms with van der Waals surface area (Å²) in [4.78, 5) is 40.7. The summed E-state index contributed by atoms with van der Waals surface area (Å²) >= 11 is 6.10. The summed E-state index contributed by atoms with van der Waals surface area (Å²) in [5, 5.41) is 32.0. The molecule has 0 aromatic heterocycles. The Bertz CT molecular complexity index is 898. The molecule has 3 rings (SSSR count). The van der Waals surface area contributed by atoms with E-state index < -0.39 is 23.9 Å². The summed E-state index contributed by atoms with van der Waals surface area (Å²) in [5.41, 5.74) is 6.85. The lowest BCUT2D eigenvalue weighted by Gasteiger charge is -2.16. The summed E-state index contributed by atoms with van der Waals surface area (Å²) in [6, 6.07) is 3.79. The van der Waals surface area contributed by atoms with Crippen molar-refractivity contribution in [1.29, 1.82) is 0 Å². The van der Waals surface area contributed by atoms with Crippen molar-refractivity contribution < 1.29 is 49.1 Å². The Kier molecular flexibility index (Phi) is 12.9. The van der Waals surface area contributed by atoms with Crippen LogP contribution in [0.2, 0.25) is 5.02 Å². The Balaban J connectivity index is 0.000000320. The minimum atomic E-state index is -1.26. The first-order valence-corrected chi connectivity index (χ1v) is 10.7. The lowest BCUT2D eigenvalue weighted by Crippen LogP contribution is -2.25. The highest BCUT2D eigenvalue weighted by molar-refractivity contribution is 6.30. The molecule has 35 heavy (non-hydrogen) atoms. The normalized spacial score (nSPS) is 16.3. The highest BCUT2D eigenvalue weighted by Crippen LogP contribution is 2.38. The summed E-state index contributed by atoms with van der Waals surface area (Å²) in [7, 11) is 0.